The molecule has 2 aliphatic heterocycles. The van der Waals surface area contributed by atoms with E-state index in [1.807, 2.05) is 6.08 Å². The molecule has 1 aliphatic carbocycles. The predicted molar refractivity (Wildman–Crippen MR) is 108 cm³/mol. The van der Waals surface area contributed by atoms with Crippen molar-refractivity contribution in [2.75, 3.05) is 17.6 Å². The molecule has 2 saturated heterocycles. The summed E-state index contributed by atoms with van der Waals surface area (Å²) < 4.78 is 8.77. The van der Waals surface area contributed by atoms with E-state index in [4.69, 9.17) is 3.07 Å². The number of hydrogen-bond donors (Lipinski definition) is 3. The SMILES string of the molecule is CCCCI1OC[C@]2([C@@H](O)[C@@H]3C=CCCC3)N1C(=O)[C@H](CCO)[C@]2(C)O. The first-order valence-corrected chi connectivity index (χ1v) is 13.1. The van der Waals surface area contributed by atoms with E-state index in [0.717, 1.165) is 36.5 Å². The Kier molecular flexibility index (Phi) is 6.33. The number of amides is 1. The van der Waals surface area contributed by atoms with Crippen LogP contribution in [0.2, 0.25) is 0 Å². The van der Waals surface area contributed by atoms with Crippen molar-refractivity contribution in [3.63, 3.8) is 0 Å². The first-order valence-electron chi connectivity index (χ1n) is 9.73. The van der Waals surface area contributed by atoms with Crippen LogP contribution in [-0.4, -0.2) is 59.2 Å². The summed E-state index contributed by atoms with van der Waals surface area (Å²) in [5, 5.41) is 32.3. The standard InChI is InChI=1S/C19H32INO5/c1-3-4-11-20-21-17(24)15(10-12-22)18(2,25)19(21,13-26-20)16(23)14-8-6-5-7-9-14/h6,8,14-16,22-23,25H,3-5,7,9-13H2,1-2H3/t14-,15+,16+,18+,19-/m1/s1. The van der Waals surface area contributed by atoms with Gasteiger partial charge in [-0.05, 0) is 0 Å². The maximum atomic E-state index is 13.2. The Morgan fingerprint density at radius 1 is 1.50 bits per heavy atom. The number of unbranched alkanes of at least 4 members (excludes halogenated alkanes) is 1. The molecule has 0 unspecified atom stereocenters. The van der Waals surface area contributed by atoms with E-state index in [1.54, 1.807) is 10.0 Å². The van der Waals surface area contributed by atoms with Gasteiger partial charge < -0.3 is 0 Å². The van der Waals surface area contributed by atoms with E-state index in [2.05, 4.69) is 13.0 Å². The van der Waals surface area contributed by atoms with E-state index >= 15 is 0 Å². The quantitative estimate of drug-likeness (QED) is 0.225. The van der Waals surface area contributed by atoms with Gasteiger partial charge in [0.2, 0.25) is 0 Å². The third-order valence-electron chi connectivity index (χ3n) is 6.24. The first-order chi connectivity index (χ1) is 12.4. The number of hydrogen-bond acceptors (Lipinski definition) is 5. The number of carbonyl (C=O) groups is 1. The summed E-state index contributed by atoms with van der Waals surface area (Å²) in [5.41, 5.74) is -2.51. The van der Waals surface area contributed by atoms with Crippen LogP contribution in [0, 0.1) is 11.8 Å². The van der Waals surface area contributed by atoms with Gasteiger partial charge in [-0.3, -0.25) is 0 Å². The molecule has 5 atom stereocenters. The average molecular weight is 481 g/mol. The minimum absolute atomic E-state index is 0.0796. The predicted octanol–water partition coefficient (Wildman–Crippen LogP) is 2.20. The fraction of sp³-hybridized carbons (Fsp3) is 0.842. The number of fused-ring (bicyclic) bond motifs is 1. The molecule has 2 fully saturated rings. The molecule has 0 bridgehead atoms. The molecule has 26 heavy (non-hydrogen) atoms. The van der Waals surface area contributed by atoms with Gasteiger partial charge >= 0.3 is 164 Å². The van der Waals surface area contributed by atoms with Crippen LogP contribution in [0.15, 0.2) is 12.2 Å². The molecule has 2 heterocycles. The van der Waals surface area contributed by atoms with Crippen LogP contribution < -0.4 is 0 Å². The van der Waals surface area contributed by atoms with Crippen LogP contribution in [0.25, 0.3) is 0 Å². The van der Waals surface area contributed by atoms with E-state index < -0.39 is 43.7 Å². The summed E-state index contributed by atoms with van der Waals surface area (Å²) >= 11 is -2.24. The second kappa shape index (κ2) is 8.03. The molecule has 0 aromatic rings. The van der Waals surface area contributed by atoms with E-state index in [-0.39, 0.29) is 31.5 Å². The number of alkyl halides is 1. The van der Waals surface area contributed by atoms with Gasteiger partial charge in [-0.2, -0.15) is 0 Å². The summed E-state index contributed by atoms with van der Waals surface area (Å²) in [6, 6.07) is 0. The van der Waals surface area contributed by atoms with Crippen molar-refractivity contribution in [1.29, 1.82) is 0 Å². The molecular formula is C19H32INO5. The first kappa shape index (κ1) is 20.5. The summed E-state index contributed by atoms with van der Waals surface area (Å²) in [7, 11) is 0. The topological polar surface area (TPSA) is 90.2 Å². The van der Waals surface area contributed by atoms with Gasteiger partial charge in [0.05, 0.1) is 0 Å². The van der Waals surface area contributed by atoms with Gasteiger partial charge in [-0.1, -0.05) is 0 Å². The number of allylic oxidation sites excluding steroid dienone is 1. The van der Waals surface area contributed by atoms with E-state index in [0.29, 0.717) is 0 Å². The minimum atomic E-state index is -2.24. The van der Waals surface area contributed by atoms with Gasteiger partial charge in [-0.15, -0.1) is 0 Å². The normalized spacial score (nSPS) is 39.5. The van der Waals surface area contributed by atoms with Crippen molar-refractivity contribution in [2.45, 2.75) is 69.6 Å². The summed E-state index contributed by atoms with van der Waals surface area (Å²) in [4.78, 5) is 13.2. The molecule has 3 aliphatic rings. The molecule has 0 radical (unpaired) electrons. The van der Waals surface area contributed by atoms with Gasteiger partial charge in [0, 0.05) is 0 Å². The fourth-order valence-electron chi connectivity index (χ4n) is 4.61. The zero-order valence-electron chi connectivity index (χ0n) is 15.7. The Morgan fingerprint density at radius 2 is 2.27 bits per heavy atom. The van der Waals surface area contributed by atoms with Crippen LogP contribution in [0.5, 0.6) is 0 Å². The van der Waals surface area contributed by atoms with Crippen LogP contribution >= 0.6 is 20.5 Å². The molecule has 3 N–H and O–H groups in total. The van der Waals surface area contributed by atoms with Gasteiger partial charge in [0.1, 0.15) is 0 Å². The summed E-state index contributed by atoms with van der Waals surface area (Å²) in [5.74, 6) is -0.897. The number of halogens is 1. The Hall–Kier alpha value is -0.220. The molecule has 3 rings (SSSR count). The monoisotopic (exact) mass is 481 g/mol. The number of rotatable bonds is 7. The Bertz CT molecular complexity index is 554. The number of aliphatic hydroxyl groups excluding tert-OH is 2. The number of carbonyl (C=O) groups excluding carboxylic acids is 1. The summed E-state index contributed by atoms with van der Waals surface area (Å²) in [6.07, 6.45) is 8.35. The number of aliphatic hydroxyl groups is 3. The molecule has 150 valence electrons. The van der Waals surface area contributed by atoms with Gasteiger partial charge in [0.25, 0.3) is 0 Å². The van der Waals surface area contributed by atoms with E-state index in [9.17, 15) is 20.1 Å². The van der Waals surface area contributed by atoms with Crippen molar-refractivity contribution in [1.82, 2.24) is 3.11 Å². The second-order valence-corrected chi connectivity index (χ2v) is 12.2. The zero-order chi connectivity index (χ0) is 18.9. The molecule has 0 aromatic heterocycles. The molecule has 0 aromatic carbocycles. The zero-order valence-corrected chi connectivity index (χ0v) is 17.9. The van der Waals surface area contributed by atoms with Crippen molar-refractivity contribution >= 4 is 26.4 Å². The molecule has 7 heteroatoms. The van der Waals surface area contributed by atoms with Crippen molar-refractivity contribution < 1.29 is 23.2 Å². The molecule has 1 amide bonds. The average Bonchev–Trinajstić information content (AvgIpc) is 3.11. The third kappa shape index (κ3) is 3.03. The van der Waals surface area contributed by atoms with Crippen LogP contribution in [-0.2, 0) is 7.86 Å². The maximum absolute atomic E-state index is 13.2. The number of nitrogens with zero attached hydrogens (tertiary/aromatic N) is 1. The third-order valence-corrected chi connectivity index (χ3v) is 11.4. The fourth-order valence-corrected chi connectivity index (χ4v) is 10.7. The van der Waals surface area contributed by atoms with Crippen molar-refractivity contribution in [3.05, 3.63) is 12.2 Å². The molecular weight excluding hydrogens is 449 g/mol. The Balaban J connectivity index is 2.00. The van der Waals surface area contributed by atoms with Gasteiger partial charge in [0.15, 0.2) is 0 Å². The second-order valence-electron chi connectivity index (χ2n) is 7.82. The van der Waals surface area contributed by atoms with Crippen molar-refractivity contribution in [3.8, 4) is 0 Å². The van der Waals surface area contributed by atoms with Crippen molar-refractivity contribution in [2.24, 2.45) is 11.8 Å². The molecule has 6 nitrogen and oxygen atoms in total. The van der Waals surface area contributed by atoms with Crippen LogP contribution in [0.1, 0.15) is 52.4 Å². The molecule has 0 spiro atoms. The van der Waals surface area contributed by atoms with Gasteiger partial charge in [-0.25, -0.2) is 0 Å². The Morgan fingerprint density at radius 3 is 2.88 bits per heavy atom. The van der Waals surface area contributed by atoms with Crippen LogP contribution in [0.3, 0.4) is 0 Å². The molecule has 0 saturated carbocycles. The summed E-state index contributed by atoms with van der Waals surface area (Å²) in [6.45, 7) is 3.81. The Labute approximate surface area is 163 Å². The van der Waals surface area contributed by atoms with E-state index in [1.165, 1.54) is 0 Å². The van der Waals surface area contributed by atoms with Crippen LogP contribution in [0.4, 0.5) is 0 Å².